The van der Waals surface area contributed by atoms with E-state index in [1.54, 1.807) is 0 Å². The predicted octanol–water partition coefficient (Wildman–Crippen LogP) is 7.40. The van der Waals surface area contributed by atoms with Crippen LogP contribution < -0.4 is 0 Å². The highest BCUT2D eigenvalue weighted by Gasteiger charge is 2.16. The minimum atomic E-state index is 1.20. The summed E-state index contributed by atoms with van der Waals surface area (Å²) in [7, 11) is 0. The lowest BCUT2D eigenvalue weighted by Crippen LogP contribution is -1.92. The van der Waals surface area contributed by atoms with Gasteiger partial charge in [0.1, 0.15) is 0 Å². The molecule has 5 aromatic carbocycles. The molecule has 0 saturated heterocycles. The molecule has 1 aromatic heterocycles. The molecule has 0 aliphatic heterocycles. The first kappa shape index (κ1) is 15.5. The molecule has 0 aliphatic rings. The molecule has 0 spiro atoms. The molecule has 28 heavy (non-hydrogen) atoms. The predicted molar refractivity (Wildman–Crippen MR) is 121 cm³/mol. The second-order valence-electron chi connectivity index (χ2n) is 7.48. The molecule has 1 heteroatoms. The fraction of sp³-hybridized carbons (Fsp3) is 0.0370. The molecule has 132 valence electrons. The summed E-state index contributed by atoms with van der Waals surface area (Å²) in [6.45, 7) is 2.20. The van der Waals surface area contributed by atoms with Crippen molar-refractivity contribution in [3.8, 4) is 5.69 Å². The average Bonchev–Trinajstić information content (AvgIpc) is 3.09. The first-order chi connectivity index (χ1) is 13.8. The number of benzene rings is 5. The molecular weight excluding hydrogens is 338 g/mol. The van der Waals surface area contributed by atoms with Crippen LogP contribution in [0.5, 0.6) is 0 Å². The maximum Gasteiger partial charge on any atom is 0.0547 e. The van der Waals surface area contributed by atoms with Gasteiger partial charge in [-0.1, -0.05) is 72.8 Å². The Morgan fingerprint density at radius 3 is 2.14 bits per heavy atom. The van der Waals surface area contributed by atoms with E-state index in [1.165, 1.54) is 54.6 Å². The molecular formula is C27H19N. The van der Waals surface area contributed by atoms with Crippen LogP contribution >= 0.6 is 0 Å². The van der Waals surface area contributed by atoms with Gasteiger partial charge >= 0.3 is 0 Å². The summed E-state index contributed by atoms with van der Waals surface area (Å²) < 4.78 is 2.39. The largest absolute Gasteiger partial charge is 0.309 e. The highest BCUT2D eigenvalue weighted by atomic mass is 15.0. The number of aromatic nitrogens is 1. The van der Waals surface area contributed by atoms with Gasteiger partial charge in [0, 0.05) is 16.5 Å². The lowest BCUT2D eigenvalue weighted by Gasteiger charge is -2.10. The van der Waals surface area contributed by atoms with Crippen LogP contribution in [-0.2, 0) is 0 Å². The van der Waals surface area contributed by atoms with Gasteiger partial charge in [-0.2, -0.15) is 0 Å². The molecule has 0 fully saturated rings. The van der Waals surface area contributed by atoms with Gasteiger partial charge in [-0.25, -0.2) is 0 Å². The second kappa shape index (κ2) is 5.71. The third kappa shape index (κ3) is 2.02. The molecule has 0 unspecified atom stereocenters. The van der Waals surface area contributed by atoms with E-state index >= 15 is 0 Å². The van der Waals surface area contributed by atoms with E-state index in [0.29, 0.717) is 0 Å². The molecule has 0 aliphatic carbocycles. The van der Waals surface area contributed by atoms with E-state index in [9.17, 15) is 0 Å². The van der Waals surface area contributed by atoms with Gasteiger partial charge in [-0.3, -0.25) is 0 Å². The van der Waals surface area contributed by atoms with Crippen molar-refractivity contribution in [3.63, 3.8) is 0 Å². The Bertz CT molecular complexity index is 1500. The highest BCUT2D eigenvalue weighted by molar-refractivity contribution is 6.28. The van der Waals surface area contributed by atoms with Crippen molar-refractivity contribution in [2.75, 3.05) is 0 Å². The molecule has 1 nitrogen and oxygen atoms in total. The van der Waals surface area contributed by atoms with E-state index in [4.69, 9.17) is 0 Å². The third-order valence-corrected chi connectivity index (χ3v) is 5.91. The zero-order valence-corrected chi connectivity index (χ0v) is 15.7. The standard InChI is InChI=1S/C27H19N/c1-18-8-7-12-22-21(18)16-14-19-15-17-25-27(26(19)22)23-11-5-6-13-24(23)28(25)20-9-3-2-4-10-20/h2-17H,1H3. The molecule has 0 amide bonds. The molecule has 6 rings (SSSR count). The van der Waals surface area contributed by atoms with Crippen LogP contribution in [0.1, 0.15) is 5.56 Å². The van der Waals surface area contributed by atoms with E-state index < -0.39 is 0 Å². The van der Waals surface area contributed by atoms with Crippen molar-refractivity contribution in [1.29, 1.82) is 0 Å². The monoisotopic (exact) mass is 357 g/mol. The smallest absolute Gasteiger partial charge is 0.0547 e. The summed E-state index contributed by atoms with van der Waals surface area (Å²) in [5.74, 6) is 0. The first-order valence-electron chi connectivity index (χ1n) is 9.72. The topological polar surface area (TPSA) is 4.93 Å². The quantitative estimate of drug-likeness (QED) is 0.270. The maximum absolute atomic E-state index is 2.39. The van der Waals surface area contributed by atoms with Gasteiger partial charge in [0.2, 0.25) is 0 Å². The van der Waals surface area contributed by atoms with Crippen molar-refractivity contribution in [3.05, 3.63) is 103 Å². The minimum absolute atomic E-state index is 1.20. The zero-order chi connectivity index (χ0) is 18.7. The van der Waals surface area contributed by atoms with Gasteiger partial charge in [0.25, 0.3) is 0 Å². The van der Waals surface area contributed by atoms with Crippen molar-refractivity contribution in [1.82, 2.24) is 4.57 Å². The Morgan fingerprint density at radius 1 is 0.500 bits per heavy atom. The minimum Gasteiger partial charge on any atom is -0.309 e. The number of rotatable bonds is 1. The first-order valence-corrected chi connectivity index (χ1v) is 9.72. The highest BCUT2D eigenvalue weighted by Crippen LogP contribution is 2.40. The Labute approximate surface area is 163 Å². The normalized spacial score (nSPS) is 11.8. The Hall–Kier alpha value is -3.58. The van der Waals surface area contributed by atoms with E-state index in [0.717, 1.165) is 0 Å². The van der Waals surface area contributed by atoms with Crippen LogP contribution in [0.25, 0.3) is 49.0 Å². The van der Waals surface area contributed by atoms with Gasteiger partial charge < -0.3 is 4.57 Å². The maximum atomic E-state index is 2.39. The van der Waals surface area contributed by atoms with Crippen LogP contribution in [0.15, 0.2) is 97.1 Å². The number of fused-ring (bicyclic) bond motifs is 7. The number of para-hydroxylation sites is 2. The third-order valence-electron chi connectivity index (χ3n) is 5.91. The molecule has 0 radical (unpaired) electrons. The van der Waals surface area contributed by atoms with Crippen molar-refractivity contribution >= 4 is 43.4 Å². The summed E-state index contributed by atoms with van der Waals surface area (Å²) in [6, 6.07) is 35.1. The average molecular weight is 357 g/mol. The second-order valence-corrected chi connectivity index (χ2v) is 7.48. The fourth-order valence-corrected chi connectivity index (χ4v) is 4.65. The molecule has 6 aromatic rings. The molecule has 0 saturated carbocycles. The molecule has 0 atom stereocenters. The van der Waals surface area contributed by atoms with E-state index in [2.05, 4.69) is 109 Å². The van der Waals surface area contributed by atoms with Crippen LogP contribution in [0.3, 0.4) is 0 Å². The van der Waals surface area contributed by atoms with Crippen LogP contribution in [-0.4, -0.2) is 4.57 Å². The summed E-state index contributed by atoms with van der Waals surface area (Å²) in [5, 5.41) is 7.96. The van der Waals surface area contributed by atoms with Gasteiger partial charge in [-0.05, 0) is 58.3 Å². The van der Waals surface area contributed by atoms with Gasteiger partial charge in [-0.15, -0.1) is 0 Å². The summed E-state index contributed by atoms with van der Waals surface area (Å²) in [4.78, 5) is 0. The number of aryl methyl sites for hydroxylation is 1. The summed E-state index contributed by atoms with van der Waals surface area (Å²) in [5.41, 5.74) is 5.03. The Morgan fingerprint density at radius 2 is 1.25 bits per heavy atom. The van der Waals surface area contributed by atoms with Gasteiger partial charge in [0.15, 0.2) is 0 Å². The van der Waals surface area contributed by atoms with E-state index in [-0.39, 0.29) is 0 Å². The van der Waals surface area contributed by atoms with Crippen molar-refractivity contribution in [2.45, 2.75) is 6.92 Å². The molecule has 1 heterocycles. The SMILES string of the molecule is Cc1cccc2c1ccc1ccc3c(c4ccccc4n3-c3ccccc3)c12. The number of hydrogen-bond acceptors (Lipinski definition) is 0. The Balaban J connectivity index is 1.93. The molecule has 0 N–H and O–H groups in total. The number of hydrogen-bond donors (Lipinski definition) is 0. The van der Waals surface area contributed by atoms with Crippen LogP contribution in [0.2, 0.25) is 0 Å². The van der Waals surface area contributed by atoms with Crippen LogP contribution in [0.4, 0.5) is 0 Å². The van der Waals surface area contributed by atoms with Gasteiger partial charge in [0.05, 0.1) is 11.0 Å². The fourth-order valence-electron chi connectivity index (χ4n) is 4.65. The summed E-state index contributed by atoms with van der Waals surface area (Å²) in [6.07, 6.45) is 0. The van der Waals surface area contributed by atoms with Crippen molar-refractivity contribution < 1.29 is 0 Å². The zero-order valence-electron chi connectivity index (χ0n) is 15.7. The summed E-state index contributed by atoms with van der Waals surface area (Å²) >= 11 is 0. The van der Waals surface area contributed by atoms with Crippen molar-refractivity contribution in [2.24, 2.45) is 0 Å². The number of nitrogens with zero attached hydrogens (tertiary/aromatic N) is 1. The van der Waals surface area contributed by atoms with E-state index in [1.807, 2.05) is 0 Å². The lowest BCUT2D eigenvalue weighted by molar-refractivity contribution is 1.18. The lowest BCUT2D eigenvalue weighted by atomic mass is 9.95. The van der Waals surface area contributed by atoms with Crippen LogP contribution in [0, 0.1) is 6.92 Å². The molecule has 0 bridgehead atoms. The Kier molecular flexibility index (Phi) is 3.15.